The predicted molar refractivity (Wildman–Crippen MR) is 169 cm³/mol. The van der Waals surface area contributed by atoms with E-state index in [2.05, 4.69) is 39.9 Å². The third-order valence-electron chi connectivity index (χ3n) is 10.7. The Kier molecular flexibility index (Phi) is 7.36. The van der Waals surface area contributed by atoms with Crippen molar-refractivity contribution in [1.29, 1.82) is 0 Å². The molecule has 11 heteroatoms. The maximum absolute atomic E-state index is 17.1. The Labute approximate surface area is 261 Å². The summed E-state index contributed by atoms with van der Waals surface area (Å²) >= 11 is 0. The summed E-state index contributed by atoms with van der Waals surface area (Å²) in [5.41, 5.74) is 3.80. The second-order valence-corrected chi connectivity index (χ2v) is 13.9. The minimum Gasteiger partial charge on any atom is -0.461 e. The first-order chi connectivity index (χ1) is 21.9. The van der Waals surface area contributed by atoms with Crippen molar-refractivity contribution in [1.82, 2.24) is 30.0 Å². The van der Waals surface area contributed by atoms with Crippen LogP contribution in [-0.4, -0.2) is 87.8 Å². The van der Waals surface area contributed by atoms with Crippen molar-refractivity contribution in [2.45, 2.75) is 70.5 Å². The van der Waals surface area contributed by atoms with E-state index in [0.717, 1.165) is 85.8 Å². The van der Waals surface area contributed by atoms with Gasteiger partial charge in [-0.1, -0.05) is 6.92 Å². The topological polar surface area (TPSA) is 92.3 Å². The van der Waals surface area contributed by atoms with Gasteiger partial charge in [0.15, 0.2) is 5.82 Å². The van der Waals surface area contributed by atoms with Crippen molar-refractivity contribution in [3.05, 3.63) is 35.4 Å². The van der Waals surface area contributed by atoms with Crippen molar-refractivity contribution in [2.75, 3.05) is 50.9 Å². The van der Waals surface area contributed by atoms with E-state index in [0.29, 0.717) is 49.2 Å². The summed E-state index contributed by atoms with van der Waals surface area (Å²) < 4.78 is 44.2. The van der Waals surface area contributed by atoms with Crippen LogP contribution in [0.1, 0.15) is 56.6 Å². The average Bonchev–Trinajstić information content (AvgIpc) is 3.73. The molecule has 238 valence electrons. The van der Waals surface area contributed by atoms with Crippen molar-refractivity contribution in [3.63, 3.8) is 0 Å². The molecule has 0 unspecified atom stereocenters. The summed E-state index contributed by atoms with van der Waals surface area (Å²) in [5.74, 6) is 0.815. The first-order valence-corrected chi connectivity index (χ1v) is 16.6. The lowest BCUT2D eigenvalue weighted by Gasteiger charge is -2.34. The van der Waals surface area contributed by atoms with Gasteiger partial charge in [-0.15, -0.1) is 0 Å². The number of piperidine rings is 1. The van der Waals surface area contributed by atoms with Gasteiger partial charge in [-0.05, 0) is 81.0 Å². The quantitative estimate of drug-likeness (QED) is 0.309. The van der Waals surface area contributed by atoms with E-state index < -0.39 is 12.0 Å². The van der Waals surface area contributed by atoms with Gasteiger partial charge >= 0.3 is 6.01 Å². The number of hydrogen-bond donors (Lipinski definition) is 1. The Morgan fingerprint density at radius 1 is 1.13 bits per heavy atom. The molecule has 0 aliphatic carbocycles. The molecule has 1 aromatic carbocycles. The van der Waals surface area contributed by atoms with Crippen molar-refractivity contribution >= 4 is 27.6 Å². The number of aromatic amines is 1. The molecule has 5 aliphatic heterocycles. The molecule has 4 aromatic rings. The number of aromatic nitrogens is 5. The van der Waals surface area contributed by atoms with Crippen LogP contribution in [0.15, 0.2) is 18.5 Å². The Morgan fingerprint density at radius 3 is 2.96 bits per heavy atom. The summed E-state index contributed by atoms with van der Waals surface area (Å²) in [6.45, 7) is 8.80. The Morgan fingerprint density at radius 2 is 2.04 bits per heavy atom. The number of halogens is 2. The number of nitrogens with zero attached hydrogens (tertiary/aromatic N) is 6. The van der Waals surface area contributed by atoms with Gasteiger partial charge in [0.05, 0.1) is 29.2 Å². The largest absolute Gasteiger partial charge is 0.461 e. The van der Waals surface area contributed by atoms with Crippen LogP contribution in [0.3, 0.4) is 0 Å². The van der Waals surface area contributed by atoms with Gasteiger partial charge in [-0.25, -0.2) is 8.78 Å². The van der Waals surface area contributed by atoms with Gasteiger partial charge < -0.3 is 14.4 Å². The molecular formula is C34H41F2N7O2. The van der Waals surface area contributed by atoms with E-state index in [1.54, 1.807) is 12.4 Å². The van der Waals surface area contributed by atoms with E-state index >= 15 is 4.39 Å². The second kappa shape index (κ2) is 11.4. The van der Waals surface area contributed by atoms with Crippen LogP contribution < -0.4 is 9.64 Å². The highest BCUT2D eigenvalue weighted by molar-refractivity contribution is 5.99. The molecule has 1 N–H and O–H groups in total. The van der Waals surface area contributed by atoms with Crippen molar-refractivity contribution in [3.8, 4) is 17.3 Å². The fraction of sp³-hybridized carbons (Fsp3) is 0.588. The first-order valence-electron chi connectivity index (χ1n) is 16.6. The third kappa shape index (κ3) is 5.12. The number of aryl methyl sites for hydroxylation is 1. The van der Waals surface area contributed by atoms with Gasteiger partial charge in [0, 0.05) is 49.8 Å². The minimum atomic E-state index is -0.863. The summed E-state index contributed by atoms with van der Waals surface area (Å²) in [5, 5.41) is 8.76. The minimum absolute atomic E-state index is 0.128. The number of pyridine rings is 1. The highest BCUT2D eigenvalue weighted by atomic mass is 19.1. The number of H-pyrrole nitrogens is 1. The van der Waals surface area contributed by atoms with Crippen LogP contribution in [0.2, 0.25) is 0 Å². The lowest BCUT2D eigenvalue weighted by atomic mass is 9.88. The molecule has 3 aromatic heterocycles. The summed E-state index contributed by atoms with van der Waals surface area (Å²) in [6, 6.07) is 2.21. The van der Waals surface area contributed by atoms with Gasteiger partial charge in [0.1, 0.15) is 29.8 Å². The average molecular weight is 618 g/mol. The van der Waals surface area contributed by atoms with Crippen LogP contribution in [-0.2, 0) is 11.2 Å². The molecule has 0 radical (unpaired) electrons. The SMILES string of the molecule is Cc1cc2[nH]ncc2c2c1C[C@H](C)CCOC[C@@H]1CCCN(C1)c1nc(OC[C@@]34CCCN3C[C@H](F)C4)nc3c(F)c-2ncc13. The van der Waals surface area contributed by atoms with E-state index in [9.17, 15) is 4.39 Å². The number of nitrogens with one attached hydrogen (secondary N) is 1. The number of fused-ring (bicyclic) bond motifs is 8. The lowest BCUT2D eigenvalue weighted by molar-refractivity contribution is 0.0845. The molecule has 9 rings (SSSR count). The zero-order valence-corrected chi connectivity index (χ0v) is 26.1. The molecule has 0 spiro atoms. The number of hydrogen-bond acceptors (Lipinski definition) is 8. The maximum atomic E-state index is 17.1. The normalized spacial score (nSPS) is 27.5. The molecule has 3 fully saturated rings. The molecule has 3 saturated heterocycles. The number of alkyl halides is 1. The highest BCUT2D eigenvalue weighted by Gasteiger charge is 2.49. The van der Waals surface area contributed by atoms with Crippen LogP contribution >= 0.6 is 0 Å². The van der Waals surface area contributed by atoms with E-state index in [1.165, 1.54) is 0 Å². The van der Waals surface area contributed by atoms with Gasteiger partial charge in [-0.2, -0.15) is 15.1 Å². The lowest BCUT2D eigenvalue weighted by Crippen LogP contribution is -2.43. The zero-order valence-electron chi connectivity index (χ0n) is 26.1. The molecule has 0 amide bonds. The highest BCUT2D eigenvalue weighted by Crippen LogP contribution is 2.42. The summed E-state index contributed by atoms with van der Waals surface area (Å²) in [7, 11) is 0. The number of benzene rings is 1. The van der Waals surface area contributed by atoms with Gasteiger partial charge in [0.25, 0.3) is 0 Å². The maximum Gasteiger partial charge on any atom is 0.319 e. The fourth-order valence-corrected chi connectivity index (χ4v) is 8.33. The van der Waals surface area contributed by atoms with Crippen LogP contribution in [0, 0.1) is 24.6 Å². The predicted octanol–water partition coefficient (Wildman–Crippen LogP) is 5.79. The summed E-state index contributed by atoms with van der Waals surface area (Å²) in [4.78, 5) is 18.8. The summed E-state index contributed by atoms with van der Waals surface area (Å²) in [6.07, 6.45) is 8.69. The monoisotopic (exact) mass is 617 g/mol. The van der Waals surface area contributed by atoms with Crippen LogP contribution in [0.4, 0.5) is 14.6 Å². The molecule has 45 heavy (non-hydrogen) atoms. The third-order valence-corrected chi connectivity index (χ3v) is 10.7. The molecule has 8 heterocycles. The van der Waals surface area contributed by atoms with Crippen LogP contribution in [0.5, 0.6) is 6.01 Å². The molecular weight excluding hydrogens is 576 g/mol. The van der Waals surface area contributed by atoms with Crippen molar-refractivity contribution < 1.29 is 18.3 Å². The Balaban J connectivity index is 1.29. The number of ether oxygens (including phenoxy) is 2. The Bertz CT molecular complexity index is 1750. The van der Waals surface area contributed by atoms with E-state index in [1.807, 2.05) is 0 Å². The zero-order chi connectivity index (χ0) is 30.7. The van der Waals surface area contributed by atoms with Gasteiger partial charge in [-0.3, -0.25) is 15.0 Å². The molecule has 6 bridgehead atoms. The molecule has 9 nitrogen and oxygen atoms in total. The second-order valence-electron chi connectivity index (χ2n) is 13.9. The van der Waals surface area contributed by atoms with Gasteiger partial charge in [0.2, 0.25) is 0 Å². The fourth-order valence-electron chi connectivity index (χ4n) is 8.33. The molecule has 5 aliphatic rings. The Hall–Kier alpha value is -3.44. The first kappa shape index (κ1) is 29.0. The smallest absolute Gasteiger partial charge is 0.319 e. The standard InChI is InChI=1S/C34H41F2N7O2/c1-20-6-10-44-18-22-5-3-8-42(16-22)32-26-14-37-31(28-24(11-20)21(2)12-27-25(28)15-38-41-27)29(36)30(26)39-33(40-32)45-19-34-7-4-9-43(34)17-23(35)13-34/h12,14-15,20,22-23H,3-11,13,16-19H2,1-2H3,(H,38,41)/t20-,22-,23-,34+/m1/s1. The molecule has 0 saturated carbocycles. The van der Waals surface area contributed by atoms with E-state index in [-0.39, 0.29) is 29.4 Å². The number of anilines is 1. The van der Waals surface area contributed by atoms with Crippen LogP contribution in [0.25, 0.3) is 33.1 Å². The van der Waals surface area contributed by atoms with E-state index in [4.69, 9.17) is 24.4 Å². The number of rotatable bonds is 3. The molecule has 4 atom stereocenters. The van der Waals surface area contributed by atoms with Crippen molar-refractivity contribution in [2.24, 2.45) is 11.8 Å².